The fraction of sp³-hybridized carbons (Fsp3) is 0.391. The first kappa shape index (κ1) is 19.5. The van der Waals surface area contributed by atoms with Gasteiger partial charge in [-0.3, -0.25) is 14.5 Å². The molecule has 2 saturated heterocycles. The Balaban J connectivity index is 1.44. The Bertz CT molecular complexity index is 917. The van der Waals surface area contributed by atoms with E-state index in [9.17, 15) is 9.59 Å². The van der Waals surface area contributed by atoms with Crippen LogP contribution in [0.15, 0.2) is 42.5 Å². The number of ether oxygens (including phenoxy) is 1. The Kier molecular flexibility index (Phi) is 5.28. The maximum Gasteiger partial charge on any atom is 0.251 e. The molecule has 29 heavy (non-hydrogen) atoms. The van der Waals surface area contributed by atoms with Crippen LogP contribution in [0.25, 0.3) is 0 Å². The van der Waals surface area contributed by atoms with Crippen molar-refractivity contribution in [2.45, 2.75) is 26.3 Å². The van der Waals surface area contributed by atoms with Crippen molar-refractivity contribution in [3.05, 3.63) is 53.6 Å². The van der Waals surface area contributed by atoms with Gasteiger partial charge in [0.15, 0.2) is 0 Å². The van der Waals surface area contributed by atoms with Crippen LogP contribution in [0.2, 0.25) is 0 Å². The third-order valence-electron chi connectivity index (χ3n) is 5.91. The fourth-order valence-corrected chi connectivity index (χ4v) is 4.24. The van der Waals surface area contributed by atoms with Gasteiger partial charge in [-0.25, -0.2) is 4.90 Å². The summed E-state index contributed by atoms with van der Waals surface area (Å²) in [7, 11) is 1.59. The van der Waals surface area contributed by atoms with Gasteiger partial charge in [0.25, 0.3) is 5.91 Å². The number of nitrogens with zero attached hydrogens (tertiary/aromatic N) is 3. The number of aryl methyl sites for hydroxylation is 2. The first-order chi connectivity index (χ1) is 14.0. The average Bonchev–Trinajstić information content (AvgIpc) is 3.04. The van der Waals surface area contributed by atoms with E-state index in [0.717, 1.165) is 26.2 Å². The molecule has 0 radical (unpaired) electrons. The summed E-state index contributed by atoms with van der Waals surface area (Å²) in [4.78, 5) is 31.5. The zero-order chi connectivity index (χ0) is 20.5. The molecule has 0 unspecified atom stereocenters. The minimum atomic E-state index is -0.370. The van der Waals surface area contributed by atoms with Gasteiger partial charge in [-0.15, -0.1) is 0 Å². The Hall–Kier alpha value is -2.86. The number of hydrogen-bond acceptors (Lipinski definition) is 5. The SMILES string of the molecule is COc1ccc(N2C(=O)C[C@H](N3CCN(c4cc(C)ccc4C)CC3)C2=O)cc1. The number of imide groups is 1. The zero-order valence-corrected chi connectivity index (χ0v) is 17.2. The lowest BCUT2D eigenvalue weighted by molar-refractivity contribution is -0.123. The smallest absolute Gasteiger partial charge is 0.251 e. The van der Waals surface area contributed by atoms with E-state index in [1.54, 1.807) is 31.4 Å². The number of rotatable bonds is 4. The zero-order valence-electron chi connectivity index (χ0n) is 17.2. The number of benzene rings is 2. The molecule has 1 atom stereocenters. The van der Waals surface area contributed by atoms with E-state index in [1.807, 2.05) is 0 Å². The van der Waals surface area contributed by atoms with Crippen LogP contribution in [0.3, 0.4) is 0 Å². The van der Waals surface area contributed by atoms with Crippen LogP contribution in [0.1, 0.15) is 17.5 Å². The molecule has 2 aliphatic rings. The van der Waals surface area contributed by atoms with Gasteiger partial charge < -0.3 is 9.64 Å². The molecule has 0 saturated carbocycles. The van der Waals surface area contributed by atoms with Crippen molar-refractivity contribution in [1.82, 2.24) is 4.90 Å². The molecule has 6 nitrogen and oxygen atoms in total. The number of amides is 2. The molecule has 2 aromatic carbocycles. The van der Waals surface area contributed by atoms with Crippen LogP contribution in [0, 0.1) is 13.8 Å². The molecule has 6 heteroatoms. The second-order valence-electron chi connectivity index (χ2n) is 7.80. The predicted octanol–water partition coefficient (Wildman–Crippen LogP) is 2.77. The summed E-state index contributed by atoms with van der Waals surface area (Å²) in [6.07, 6.45) is 0.244. The summed E-state index contributed by atoms with van der Waals surface area (Å²) < 4.78 is 5.16. The van der Waals surface area contributed by atoms with Crippen molar-refractivity contribution in [1.29, 1.82) is 0 Å². The third kappa shape index (κ3) is 3.72. The van der Waals surface area contributed by atoms with Gasteiger partial charge in [0, 0.05) is 31.9 Å². The van der Waals surface area contributed by atoms with Gasteiger partial charge >= 0.3 is 0 Å². The van der Waals surface area contributed by atoms with E-state index in [-0.39, 0.29) is 24.3 Å². The molecule has 4 rings (SSSR count). The number of piperazine rings is 1. The van der Waals surface area contributed by atoms with Crippen molar-refractivity contribution in [2.75, 3.05) is 43.1 Å². The highest BCUT2D eigenvalue weighted by Crippen LogP contribution is 2.29. The van der Waals surface area contributed by atoms with Crippen LogP contribution in [0.5, 0.6) is 5.75 Å². The Morgan fingerprint density at radius 2 is 1.62 bits per heavy atom. The van der Waals surface area contributed by atoms with Crippen LogP contribution in [-0.2, 0) is 9.59 Å². The summed E-state index contributed by atoms with van der Waals surface area (Å²) in [5.41, 5.74) is 4.39. The Labute approximate surface area is 171 Å². The summed E-state index contributed by atoms with van der Waals surface area (Å²) in [5, 5.41) is 0. The maximum atomic E-state index is 13.0. The van der Waals surface area contributed by atoms with Crippen LogP contribution >= 0.6 is 0 Å². The monoisotopic (exact) mass is 393 g/mol. The van der Waals surface area contributed by atoms with E-state index in [4.69, 9.17) is 4.74 Å². The normalized spacial score (nSPS) is 20.4. The molecular weight excluding hydrogens is 366 g/mol. The number of hydrogen-bond donors (Lipinski definition) is 0. The summed E-state index contributed by atoms with van der Waals surface area (Å²) >= 11 is 0. The molecule has 2 aromatic rings. The second-order valence-corrected chi connectivity index (χ2v) is 7.80. The molecule has 152 valence electrons. The van der Waals surface area contributed by atoms with Gasteiger partial charge in [-0.05, 0) is 55.3 Å². The van der Waals surface area contributed by atoms with E-state index in [1.165, 1.54) is 21.7 Å². The van der Waals surface area contributed by atoms with Crippen LogP contribution in [0.4, 0.5) is 11.4 Å². The molecule has 0 aliphatic carbocycles. The highest BCUT2D eigenvalue weighted by atomic mass is 16.5. The van der Waals surface area contributed by atoms with Crippen molar-refractivity contribution in [3.8, 4) is 5.75 Å². The van der Waals surface area contributed by atoms with Gasteiger partial charge in [0.2, 0.25) is 5.91 Å². The number of anilines is 2. The lowest BCUT2D eigenvalue weighted by Gasteiger charge is -2.38. The van der Waals surface area contributed by atoms with Crippen molar-refractivity contribution >= 4 is 23.2 Å². The average molecular weight is 393 g/mol. The standard InChI is InChI=1S/C23H27N3O3/c1-16-4-5-17(2)20(14-16)24-10-12-25(13-11-24)21-15-22(27)26(23(21)28)18-6-8-19(29-3)9-7-18/h4-9,14,21H,10-13,15H2,1-3H3/t21-/m0/s1. The Morgan fingerprint density at radius 3 is 2.28 bits per heavy atom. The lowest BCUT2D eigenvalue weighted by Crippen LogP contribution is -2.52. The molecule has 2 heterocycles. The van der Waals surface area contributed by atoms with Crippen molar-refractivity contribution in [2.24, 2.45) is 0 Å². The van der Waals surface area contributed by atoms with Gasteiger partial charge in [0.1, 0.15) is 5.75 Å². The largest absolute Gasteiger partial charge is 0.497 e. The van der Waals surface area contributed by atoms with Crippen molar-refractivity contribution < 1.29 is 14.3 Å². The highest BCUT2D eigenvalue weighted by Gasteiger charge is 2.43. The summed E-state index contributed by atoms with van der Waals surface area (Å²) in [6.45, 7) is 7.49. The van der Waals surface area contributed by atoms with Crippen LogP contribution < -0.4 is 14.5 Å². The molecular formula is C23H27N3O3. The summed E-state index contributed by atoms with van der Waals surface area (Å²) in [5.74, 6) is 0.439. The number of methoxy groups -OCH3 is 1. The van der Waals surface area contributed by atoms with E-state index in [2.05, 4.69) is 41.8 Å². The Morgan fingerprint density at radius 1 is 0.931 bits per heavy atom. The molecule has 0 aromatic heterocycles. The molecule has 2 fully saturated rings. The minimum absolute atomic E-state index is 0.125. The lowest BCUT2D eigenvalue weighted by atomic mass is 10.1. The first-order valence-electron chi connectivity index (χ1n) is 10.0. The molecule has 0 N–H and O–H groups in total. The molecule has 2 amide bonds. The topological polar surface area (TPSA) is 53.1 Å². The molecule has 2 aliphatic heterocycles. The highest BCUT2D eigenvalue weighted by molar-refractivity contribution is 6.22. The van der Waals surface area contributed by atoms with E-state index < -0.39 is 0 Å². The minimum Gasteiger partial charge on any atom is -0.497 e. The quantitative estimate of drug-likeness (QED) is 0.748. The van der Waals surface area contributed by atoms with E-state index in [0.29, 0.717) is 11.4 Å². The van der Waals surface area contributed by atoms with Crippen molar-refractivity contribution in [3.63, 3.8) is 0 Å². The molecule has 0 bridgehead atoms. The second kappa shape index (κ2) is 7.87. The van der Waals surface area contributed by atoms with Gasteiger partial charge in [0.05, 0.1) is 25.3 Å². The predicted molar refractivity (Wildman–Crippen MR) is 114 cm³/mol. The fourth-order valence-electron chi connectivity index (χ4n) is 4.24. The number of carbonyl (C=O) groups excluding carboxylic acids is 2. The maximum absolute atomic E-state index is 13.0. The first-order valence-corrected chi connectivity index (χ1v) is 10.0. The molecule has 0 spiro atoms. The number of carbonyl (C=O) groups is 2. The van der Waals surface area contributed by atoms with Gasteiger partial charge in [-0.1, -0.05) is 12.1 Å². The summed E-state index contributed by atoms with van der Waals surface area (Å²) in [6, 6.07) is 13.2. The van der Waals surface area contributed by atoms with Gasteiger partial charge in [-0.2, -0.15) is 0 Å². The third-order valence-corrected chi connectivity index (χ3v) is 5.91. The van der Waals surface area contributed by atoms with E-state index >= 15 is 0 Å². The van der Waals surface area contributed by atoms with Crippen LogP contribution in [-0.4, -0.2) is 56.0 Å².